The van der Waals surface area contributed by atoms with E-state index in [0.717, 1.165) is 11.0 Å². The Morgan fingerprint density at radius 2 is 1.93 bits per heavy atom. The number of H-pyrrole nitrogens is 1. The standard InChI is InChI=1S/C22H23ClN4O3/c1-14(30-18-5-3-16(23)4-6-18)21(28)26-17-8-10-27(11-9-17)22(29)15-2-7-19-20(12-15)25-13-24-19/h2-7,12-14,17H,8-11H2,1H3,(H,24,25)(H,26,28). The number of halogens is 1. The van der Waals surface area contributed by atoms with Crippen LogP contribution in [-0.2, 0) is 4.79 Å². The number of aromatic amines is 1. The Labute approximate surface area is 179 Å². The van der Waals surface area contributed by atoms with Crippen molar-refractivity contribution in [2.24, 2.45) is 0 Å². The van der Waals surface area contributed by atoms with E-state index in [4.69, 9.17) is 16.3 Å². The van der Waals surface area contributed by atoms with Crippen LogP contribution in [0.1, 0.15) is 30.1 Å². The monoisotopic (exact) mass is 426 g/mol. The largest absolute Gasteiger partial charge is 0.481 e. The first-order valence-corrected chi connectivity index (χ1v) is 10.3. The van der Waals surface area contributed by atoms with Crippen molar-refractivity contribution in [1.82, 2.24) is 20.2 Å². The van der Waals surface area contributed by atoms with E-state index in [9.17, 15) is 9.59 Å². The molecule has 1 atom stereocenters. The van der Waals surface area contributed by atoms with Gasteiger partial charge in [-0.1, -0.05) is 11.6 Å². The van der Waals surface area contributed by atoms with Crippen LogP contribution in [0.2, 0.25) is 5.02 Å². The fraction of sp³-hybridized carbons (Fsp3) is 0.318. The van der Waals surface area contributed by atoms with Gasteiger partial charge >= 0.3 is 0 Å². The maximum Gasteiger partial charge on any atom is 0.260 e. The third kappa shape index (κ3) is 4.57. The number of aromatic nitrogens is 2. The van der Waals surface area contributed by atoms with Crippen LogP contribution in [0.4, 0.5) is 0 Å². The molecule has 156 valence electrons. The lowest BCUT2D eigenvalue weighted by atomic mass is 10.0. The summed E-state index contributed by atoms with van der Waals surface area (Å²) in [6.07, 6.45) is 2.41. The van der Waals surface area contributed by atoms with Gasteiger partial charge in [-0.05, 0) is 62.2 Å². The van der Waals surface area contributed by atoms with Crippen LogP contribution in [0.5, 0.6) is 5.75 Å². The molecule has 0 bridgehead atoms. The van der Waals surface area contributed by atoms with Crippen LogP contribution in [0, 0.1) is 0 Å². The number of amides is 2. The van der Waals surface area contributed by atoms with Crippen molar-refractivity contribution < 1.29 is 14.3 Å². The SMILES string of the molecule is CC(Oc1ccc(Cl)cc1)C(=O)NC1CCN(C(=O)c2ccc3nc[nH]c3c2)CC1. The Hall–Kier alpha value is -3.06. The van der Waals surface area contributed by atoms with Crippen LogP contribution in [0.25, 0.3) is 11.0 Å². The van der Waals surface area contributed by atoms with Crippen molar-refractivity contribution in [1.29, 1.82) is 0 Å². The molecule has 1 fully saturated rings. The second kappa shape index (κ2) is 8.75. The first-order chi connectivity index (χ1) is 14.5. The quantitative estimate of drug-likeness (QED) is 0.654. The lowest BCUT2D eigenvalue weighted by molar-refractivity contribution is -0.128. The number of carbonyl (C=O) groups excluding carboxylic acids is 2. The van der Waals surface area contributed by atoms with Crippen molar-refractivity contribution in [2.75, 3.05) is 13.1 Å². The minimum atomic E-state index is -0.619. The number of carbonyl (C=O) groups is 2. The Kier molecular flexibility index (Phi) is 5.90. The molecule has 0 radical (unpaired) electrons. The molecule has 1 unspecified atom stereocenters. The second-order valence-electron chi connectivity index (χ2n) is 7.42. The van der Waals surface area contributed by atoms with Gasteiger partial charge in [0.25, 0.3) is 11.8 Å². The van der Waals surface area contributed by atoms with E-state index in [1.165, 1.54) is 0 Å². The molecule has 8 heteroatoms. The summed E-state index contributed by atoms with van der Waals surface area (Å²) >= 11 is 5.87. The van der Waals surface area contributed by atoms with Crippen molar-refractivity contribution in [3.05, 3.63) is 59.4 Å². The highest BCUT2D eigenvalue weighted by molar-refractivity contribution is 6.30. The molecule has 2 amide bonds. The molecule has 7 nitrogen and oxygen atoms in total. The van der Waals surface area contributed by atoms with Gasteiger partial charge in [-0.25, -0.2) is 4.98 Å². The number of nitrogens with zero attached hydrogens (tertiary/aromatic N) is 2. The normalized spacial score (nSPS) is 15.7. The summed E-state index contributed by atoms with van der Waals surface area (Å²) in [6.45, 7) is 2.91. The predicted molar refractivity (Wildman–Crippen MR) is 115 cm³/mol. The number of rotatable bonds is 5. The van der Waals surface area contributed by atoms with E-state index in [-0.39, 0.29) is 17.9 Å². The van der Waals surface area contributed by atoms with E-state index < -0.39 is 6.10 Å². The summed E-state index contributed by atoms with van der Waals surface area (Å²) in [5.41, 5.74) is 2.32. The smallest absolute Gasteiger partial charge is 0.260 e. The minimum Gasteiger partial charge on any atom is -0.481 e. The van der Waals surface area contributed by atoms with Gasteiger partial charge in [-0.3, -0.25) is 9.59 Å². The fourth-order valence-electron chi connectivity index (χ4n) is 3.57. The zero-order chi connectivity index (χ0) is 21.1. The molecule has 1 aromatic heterocycles. The first-order valence-electron chi connectivity index (χ1n) is 9.94. The molecule has 4 rings (SSSR count). The molecule has 0 spiro atoms. The highest BCUT2D eigenvalue weighted by Gasteiger charge is 2.26. The molecule has 2 N–H and O–H groups in total. The Morgan fingerprint density at radius 3 is 2.67 bits per heavy atom. The third-order valence-electron chi connectivity index (χ3n) is 5.29. The van der Waals surface area contributed by atoms with Crippen molar-refractivity contribution in [2.45, 2.75) is 31.9 Å². The van der Waals surface area contributed by atoms with Gasteiger partial charge in [-0.2, -0.15) is 0 Å². The number of ether oxygens (including phenoxy) is 1. The molecule has 3 aromatic rings. The van der Waals surface area contributed by atoms with Gasteiger partial charge < -0.3 is 19.9 Å². The van der Waals surface area contributed by atoms with Crippen molar-refractivity contribution in [3.63, 3.8) is 0 Å². The molecule has 1 aliphatic heterocycles. The predicted octanol–water partition coefficient (Wildman–Crippen LogP) is 3.40. The maximum absolute atomic E-state index is 12.8. The number of hydrogen-bond acceptors (Lipinski definition) is 4. The Balaban J connectivity index is 1.27. The Morgan fingerprint density at radius 1 is 1.20 bits per heavy atom. The van der Waals surface area contributed by atoms with Crippen LogP contribution in [-0.4, -0.2) is 51.9 Å². The molecule has 1 aliphatic rings. The topological polar surface area (TPSA) is 87.3 Å². The highest BCUT2D eigenvalue weighted by atomic mass is 35.5. The zero-order valence-electron chi connectivity index (χ0n) is 16.6. The number of hydrogen-bond donors (Lipinski definition) is 2. The summed E-state index contributed by atoms with van der Waals surface area (Å²) in [7, 11) is 0. The Bertz CT molecular complexity index is 1040. The van der Waals surface area contributed by atoms with Crippen LogP contribution < -0.4 is 10.1 Å². The van der Waals surface area contributed by atoms with Crippen molar-refractivity contribution >= 4 is 34.4 Å². The van der Waals surface area contributed by atoms with E-state index in [2.05, 4.69) is 15.3 Å². The average molecular weight is 427 g/mol. The van der Waals surface area contributed by atoms with E-state index in [0.29, 0.717) is 42.3 Å². The number of fused-ring (bicyclic) bond motifs is 1. The summed E-state index contributed by atoms with van der Waals surface area (Å²) in [5.74, 6) is 0.423. The molecule has 1 saturated heterocycles. The lowest BCUT2D eigenvalue weighted by Crippen LogP contribution is -2.49. The number of benzene rings is 2. The number of nitrogens with one attached hydrogen (secondary N) is 2. The third-order valence-corrected chi connectivity index (χ3v) is 5.54. The number of imidazole rings is 1. The van der Waals surface area contributed by atoms with Crippen LogP contribution in [0.3, 0.4) is 0 Å². The van der Waals surface area contributed by atoms with Gasteiger partial charge in [0.1, 0.15) is 5.75 Å². The molecular formula is C22H23ClN4O3. The summed E-state index contributed by atoms with van der Waals surface area (Å²) in [6, 6.07) is 12.4. The zero-order valence-corrected chi connectivity index (χ0v) is 17.4. The van der Waals surface area contributed by atoms with Crippen LogP contribution in [0.15, 0.2) is 48.8 Å². The minimum absolute atomic E-state index is 0.00397. The molecular weight excluding hydrogens is 404 g/mol. The average Bonchev–Trinajstić information content (AvgIpc) is 3.23. The van der Waals surface area contributed by atoms with Gasteiger partial charge in [0.2, 0.25) is 0 Å². The van der Waals surface area contributed by atoms with Gasteiger partial charge in [0, 0.05) is 29.7 Å². The summed E-state index contributed by atoms with van der Waals surface area (Å²) in [5, 5.41) is 3.64. The molecule has 2 heterocycles. The van der Waals surface area contributed by atoms with E-state index in [1.54, 1.807) is 43.6 Å². The lowest BCUT2D eigenvalue weighted by Gasteiger charge is -2.33. The second-order valence-corrected chi connectivity index (χ2v) is 7.86. The van der Waals surface area contributed by atoms with E-state index in [1.807, 2.05) is 17.0 Å². The summed E-state index contributed by atoms with van der Waals surface area (Å²) < 4.78 is 5.68. The van der Waals surface area contributed by atoms with E-state index >= 15 is 0 Å². The highest BCUT2D eigenvalue weighted by Crippen LogP contribution is 2.19. The fourth-order valence-corrected chi connectivity index (χ4v) is 3.69. The number of likely N-dealkylation sites (tertiary alicyclic amines) is 1. The molecule has 0 saturated carbocycles. The van der Waals surface area contributed by atoms with Crippen molar-refractivity contribution in [3.8, 4) is 5.75 Å². The molecule has 2 aromatic carbocycles. The summed E-state index contributed by atoms with van der Waals surface area (Å²) in [4.78, 5) is 34.3. The van der Waals surface area contributed by atoms with Crippen LogP contribution >= 0.6 is 11.6 Å². The maximum atomic E-state index is 12.8. The van der Waals surface area contributed by atoms with Gasteiger partial charge in [0.15, 0.2) is 6.10 Å². The molecule has 0 aliphatic carbocycles. The van der Waals surface area contributed by atoms with Gasteiger partial charge in [0.05, 0.1) is 17.4 Å². The van der Waals surface area contributed by atoms with Gasteiger partial charge in [-0.15, -0.1) is 0 Å². The number of piperidine rings is 1. The first kappa shape index (κ1) is 20.2. The molecule has 30 heavy (non-hydrogen) atoms.